The first-order valence-corrected chi connectivity index (χ1v) is 20.0. The molecule has 0 N–H and O–H groups in total. The van der Waals surface area contributed by atoms with Crippen LogP contribution in [0.4, 0.5) is 0 Å². The van der Waals surface area contributed by atoms with Crippen molar-refractivity contribution in [3.63, 3.8) is 0 Å². The summed E-state index contributed by atoms with van der Waals surface area (Å²) in [6.45, 7) is 13.6. The van der Waals surface area contributed by atoms with Gasteiger partial charge in [0.25, 0.3) is 0 Å². The second-order valence-corrected chi connectivity index (χ2v) is 18.5. The molecule has 0 bridgehead atoms. The quantitative estimate of drug-likeness (QED) is 0.191. The minimum atomic E-state index is -3.47. The van der Waals surface area contributed by atoms with Gasteiger partial charge in [-0.3, -0.25) is 0 Å². The van der Waals surface area contributed by atoms with Crippen LogP contribution in [0.1, 0.15) is 102 Å². The van der Waals surface area contributed by atoms with Gasteiger partial charge in [0, 0.05) is 0 Å². The molecule has 0 radical (unpaired) electrons. The molecule has 0 heterocycles. The molecular formula is C30H48O2Sn. The maximum absolute atomic E-state index is 7.21. The fourth-order valence-corrected chi connectivity index (χ4v) is 15.3. The van der Waals surface area contributed by atoms with E-state index in [4.69, 9.17) is 6.15 Å². The van der Waals surface area contributed by atoms with E-state index in [1.807, 2.05) is 0 Å². The summed E-state index contributed by atoms with van der Waals surface area (Å²) in [5.74, 6) is 2.21. The van der Waals surface area contributed by atoms with Crippen LogP contribution >= 0.6 is 0 Å². The molecule has 2 aromatic rings. The average Bonchev–Trinajstić information content (AvgIpc) is 2.82. The zero-order valence-corrected chi connectivity index (χ0v) is 25.1. The van der Waals surface area contributed by atoms with Crippen LogP contribution in [0.5, 0.6) is 11.5 Å². The summed E-state index contributed by atoms with van der Waals surface area (Å²) in [6, 6.07) is 13.4. The number of hydrogen-bond acceptors (Lipinski definition) is 2. The van der Waals surface area contributed by atoms with E-state index in [2.05, 4.69) is 77.9 Å². The zero-order chi connectivity index (χ0) is 24.1. The first kappa shape index (κ1) is 28.1. The van der Waals surface area contributed by atoms with Crippen molar-refractivity contribution in [3.05, 3.63) is 58.7 Å². The number of benzene rings is 2. The predicted molar refractivity (Wildman–Crippen MR) is 146 cm³/mol. The van der Waals surface area contributed by atoms with E-state index in [0.29, 0.717) is 0 Å². The zero-order valence-electron chi connectivity index (χ0n) is 22.3. The SMILES string of the molecule is CCC[CH2][Sn]([CH2]CCC)([O]c1cccc(CCC)c1CC)[O]c1cccc(CCC)c1CC. The van der Waals surface area contributed by atoms with Crippen LogP contribution in [0, 0.1) is 0 Å². The van der Waals surface area contributed by atoms with E-state index in [1.54, 1.807) is 0 Å². The van der Waals surface area contributed by atoms with Gasteiger partial charge in [0.2, 0.25) is 0 Å². The van der Waals surface area contributed by atoms with Gasteiger partial charge < -0.3 is 0 Å². The molecule has 33 heavy (non-hydrogen) atoms. The van der Waals surface area contributed by atoms with Crippen molar-refractivity contribution >= 4 is 19.2 Å². The van der Waals surface area contributed by atoms with Crippen molar-refractivity contribution in [2.24, 2.45) is 0 Å². The second-order valence-electron chi connectivity index (χ2n) is 9.32. The number of unbranched alkanes of at least 4 members (excludes halogenated alkanes) is 2. The molecule has 2 rings (SSSR count). The molecule has 0 aromatic heterocycles. The standard InChI is InChI=1S/2C11H16O.2C4H9.Sn/c2*1-3-6-9-7-5-8-11(12)10(9)4-2;2*1-3-4-2;/h2*5,7-8,12H,3-4,6H2,1-2H3;2*1,3-4H2,2H3;/q;;;;+2/p-2. The molecule has 0 spiro atoms. The van der Waals surface area contributed by atoms with Crippen LogP contribution in [0.3, 0.4) is 0 Å². The third kappa shape index (κ3) is 7.94. The van der Waals surface area contributed by atoms with Gasteiger partial charge in [-0.1, -0.05) is 0 Å². The Hall–Kier alpha value is -1.16. The van der Waals surface area contributed by atoms with Gasteiger partial charge in [0.1, 0.15) is 0 Å². The third-order valence-electron chi connectivity index (χ3n) is 6.62. The van der Waals surface area contributed by atoms with Crippen molar-refractivity contribution in [1.29, 1.82) is 0 Å². The summed E-state index contributed by atoms with van der Waals surface area (Å²) in [7, 11) is 0. The van der Waals surface area contributed by atoms with E-state index in [-0.39, 0.29) is 0 Å². The second kappa shape index (κ2) is 15.0. The van der Waals surface area contributed by atoms with Gasteiger partial charge in [-0.05, 0) is 0 Å². The van der Waals surface area contributed by atoms with Gasteiger partial charge in [-0.25, -0.2) is 0 Å². The summed E-state index contributed by atoms with van der Waals surface area (Å²) in [6.07, 6.45) is 11.3. The molecule has 0 atom stereocenters. The van der Waals surface area contributed by atoms with E-state index in [1.165, 1.54) is 47.9 Å². The topological polar surface area (TPSA) is 18.5 Å². The van der Waals surface area contributed by atoms with Crippen LogP contribution in [0.2, 0.25) is 8.87 Å². The van der Waals surface area contributed by atoms with Gasteiger partial charge in [0.05, 0.1) is 0 Å². The molecule has 0 amide bonds. The Kier molecular flexibility index (Phi) is 12.7. The molecule has 0 unspecified atom stereocenters. The van der Waals surface area contributed by atoms with Crippen LogP contribution in [-0.2, 0) is 25.7 Å². The Balaban J connectivity index is 2.54. The van der Waals surface area contributed by atoms with E-state index in [9.17, 15) is 0 Å². The van der Waals surface area contributed by atoms with Gasteiger partial charge >= 0.3 is 210 Å². The average molecular weight is 559 g/mol. The molecule has 184 valence electrons. The summed E-state index contributed by atoms with van der Waals surface area (Å²) in [5, 5.41) is 0. The van der Waals surface area contributed by atoms with E-state index in [0.717, 1.165) is 58.9 Å². The normalized spacial score (nSPS) is 11.6. The minimum absolute atomic E-state index is 1.02. The van der Waals surface area contributed by atoms with Gasteiger partial charge in [-0.15, -0.1) is 0 Å². The fraction of sp³-hybridized carbons (Fsp3) is 0.600. The third-order valence-corrected chi connectivity index (χ3v) is 16.4. The Morgan fingerprint density at radius 3 is 1.33 bits per heavy atom. The Bertz CT molecular complexity index is 761. The first-order valence-electron chi connectivity index (χ1n) is 13.7. The molecule has 0 aliphatic carbocycles. The van der Waals surface area contributed by atoms with Crippen LogP contribution in [0.25, 0.3) is 0 Å². The van der Waals surface area contributed by atoms with Crippen molar-refractivity contribution < 1.29 is 6.15 Å². The molecular weight excluding hydrogens is 511 g/mol. The van der Waals surface area contributed by atoms with Crippen LogP contribution in [-0.4, -0.2) is 19.2 Å². The van der Waals surface area contributed by atoms with E-state index < -0.39 is 19.2 Å². The van der Waals surface area contributed by atoms with Crippen LogP contribution in [0.15, 0.2) is 36.4 Å². The Morgan fingerprint density at radius 2 is 1.00 bits per heavy atom. The summed E-state index contributed by atoms with van der Waals surface area (Å²) in [4.78, 5) is 0. The predicted octanol–water partition coefficient (Wildman–Crippen LogP) is 9.22. The molecule has 0 fully saturated rings. The monoisotopic (exact) mass is 560 g/mol. The molecule has 0 saturated carbocycles. The van der Waals surface area contributed by atoms with Crippen molar-refractivity contribution in [3.8, 4) is 11.5 Å². The van der Waals surface area contributed by atoms with Gasteiger partial charge in [-0.2, -0.15) is 0 Å². The van der Waals surface area contributed by atoms with Gasteiger partial charge in [0.15, 0.2) is 0 Å². The molecule has 2 aromatic carbocycles. The van der Waals surface area contributed by atoms with E-state index >= 15 is 0 Å². The molecule has 0 saturated heterocycles. The summed E-state index contributed by atoms with van der Waals surface area (Å²) < 4.78 is 16.6. The fourth-order valence-electron chi connectivity index (χ4n) is 4.87. The number of aryl methyl sites for hydroxylation is 2. The van der Waals surface area contributed by atoms with Crippen molar-refractivity contribution in [2.75, 3.05) is 0 Å². The maximum atomic E-state index is 7.21. The molecule has 0 aliphatic rings. The summed E-state index contributed by atoms with van der Waals surface area (Å²) >= 11 is -3.47. The Morgan fingerprint density at radius 1 is 0.576 bits per heavy atom. The summed E-state index contributed by atoms with van der Waals surface area (Å²) in [5.41, 5.74) is 5.69. The van der Waals surface area contributed by atoms with Crippen molar-refractivity contribution in [2.45, 2.75) is 115 Å². The number of rotatable bonds is 16. The first-order chi connectivity index (χ1) is 16.1. The van der Waals surface area contributed by atoms with Crippen LogP contribution < -0.4 is 6.15 Å². The molecule has 3 heteroatoms. The molecule has 2 nitrogen and oxygen atoms in total. The number of hydrogen-bond donors (Lipinski definition) is 0. The van der Waals surface area contributed by atoms with Crippen molar-refractivity contribution in [1.82, 2.24) is 0 Å². The Labute approximate surface area is 209 Å². The molecule has 0 aliphatic heterocycles.